The standard InChI is InChI=1S/3C4H6O2.Pr/c3*1-3(2)4(5)6;/h3*1H2,2H3,(H,5,6);/q;;;+3/p-3. The molecule has 0 heterocycles. The number of hydrogen-bond donors (Lipinski definition) is 0. The number of aliphatic carboxylic acids is 3. The van der Waals surface area contributed by atoms with Crippen molar-refractivity contribution in [2.45, 2.75) is 20.8 Å². The van der Waals surface area contributed by atoms with Crippen LogP contribution >= 0.6 is 0 Å². The maximum absolute atomic E-state index is 9.49. The van der Waals surface area contributed by atoms with Crippen LogP contribution in [0.15, 0.2) is 36.5 Å². The van der Waals surface area contributed by atoms with Gasteiger partial charge in [0, 0.05) is 0 Å². The van der Waals surface area contributed by atoms with Crippen LogP contribution in [0, 0.1) is 41.3 Å². The van der Waals surface area contributed by atoms with Crippen molar-refractivity contribution in [2.75, 3.05) is 0 Å². The normalized spacial score (nSPS) is 7.11. The Bertz CT molecular complexity index is 277. The molecule has 0 bridgehead atoms. The van der Waals surface area contributed by atoms with Crippen LogP contribution in [0.25, 0.3) is 0 Å². The van der Waals surface area contributed by atoms with Gasteiger partial charge >= 0.3 is 41.3 Å². The van der Waals surface area contributed by atoms with E-state index in [1.165, 1.54) is 20.8 Å². The molecule has 0 unspecified atom stereocenters. The number of carboxylic acid groups (broad SMARTS) is 3. The van der Waals surface area contributed by atoms with Gasteiger partial charge in [0.1, 0.15) is 0 Å². The van der Waals surface area contributed by atoms with Crippen molar-refractivity contribution in [3.8, 4) is 0 Å². The number of carboxylic acids is 3. The maximum atomic E-state index is 9.49. The summed E-state index contributed by atoms with van der Waals surface area (Å²) in [5.74, 6) is -3.56. The summed E-state index contributed by atoms with van der Waals surface area (Å²) in [6, 6.07) is 0. The zero-order valence-electron chi connectivity index (χ0n) is 11.1. The van der Waals surface area contributed by atoms with Crippen molar-refractivity contribution in [3.05, 3.63) is 36.5 Å². The largest absolute Gasteiger partial charge is 3.00 e. The van der Waals surface area contributed by atoms with Gasteiger partial charge in [-0.25, -0.2) is 0 Å². The van der Waals surface area contributed by atoms with E-state index in [0.29, 0.717) is 0 Å². The second kappa shape index (κ2) is 15.1. The van der Waals surface area contributed by atoms with Gasteiger partial charge in [-0.15, -0.1) is 0 Å². The zero-order chi connectivity index (χ0) is 15.5. The minimum atomic E-state index is -1.19. The SMILES string of the molecule is C=C(C)C(=O)[O-].C=C(C)C(=O)[O-].C=C(C)C(=O)[O-].[Pr+3]. The molecule has 6 nitrogen and oxygen atoms in total. The van der Waals surface area contributed by atoms with Crippen molar-refractivity contribution < 1.29 is 71.0 Å². The van der Waals surface area contributed by atoms with E-state index in [2.05, 4.69) is 19.7 Å². The molecule has 0 aromatic heterocycles. The third kappa shape index (κ3) is 31.6. The van der Waals surface area contributed by atoms with E-state index in [4.69, 9.17) is 0 Å². The van der Waals surface area contributed by atoms with E-state index in [1.54, 1.807) is 0 Å². The summed E-state index contributed by atoms with van der Waals surface area (Å²) >= 11 is 0. The van der Waals surface area contributed by atoms with Crippen LogP contribution in [0.3, 0.4) is 0 Å². The Morgan fingerprint density at radius 1 is 0.632 bits per heavy atom. The summed E-state index contributed by atoms with van der Waals surface area (Å²) in [6.07, 6.45) is 0. The average molecular weight is 396 g/mol. The summed E-state index contributed by atoms with van der Waals surface area (Å²) in [5.41, 5.74) is 0.194. The third-order valence-electron chi connectivity index (χ3n) is 1.05. The van der Waals surface area contributed by atoms with Gasteiger partial charge in [-0.2, -0.15) is 0 Å². The summed E-state index contributed by atoms with van der Waals surface area (Å²) in [7, 11) is 0. The summed E-state index contributed by atoms with van der Waals surface area (Å²) in [4.78, 5) is 28.5. The van der Waals surface area contributed by atoms with Gasteiger partial charge in [-0.05, 0) is 37.5 Å². The number of rotatable bonds is 3. The van der Waals surface area contributed by atoms with Gasteiger partial charge in [-0.3, -0.25) is 0 Å². The molecule has 0 amide bonds. The van der Waals surface area contributed by atoms with Crippen LogP contribution in [0.4, 0.5) is 0 Å². The molecule has 7 heteroatoms. The Morgan fingerprint density at radius 3 is 0.684 bits per heavy atom. The topological polar surface area (TPSA) is 120 Å². The predicted octanol–water partition coefficient (Wildman–Crippen LogP) is -2.06. The smallest absolute Gasteiger partial charge is 0.545 e. The van der Waals surface area contributed by atoms with Gasteiger partial charge in [0.05, 0.1) is 17.9 Å². The average Bonchev–Trinajstić information content (AvgIpc) is 2.18. The molecule has 0 N–H and O–H groups in total. The van der Waals surface area contributed by atoms with Crippen LogP contribution in [-0.2, 0) is 14.4 Å². The second-order valence-corrected chi connectivity index (χ2v) is 3.20. The molecule has 0 aromatic rings. The first-order valence-electron chi connectivity index (χ1n) is 4.54. The quantitative estimate of drug-likeness (QED) is 0.506. The molecular formula is C12H15O6Pr. The Kier molecular flexibility index (Phi) is 21.0. The molecule has 0 fully saturated rings. The zero-order valence-corrected chi connectivity index (χ0v) is 14.9. The molecule has 0 aliphatic carbocycles. The van der Waals surface area contributed by atoms with E-state index in [0.717, 1.165) is 0 Å². The summed E-state index contributed by atoms with van der Waals surface area (Å²) < 4.78 is 0. The van der Waals surface area contributed by atoms with Crippen LogP contribution in [0.1, 0.15) is 20.8 Å². The van der Waals surface area contributed by atoms with E-state index < -0.39 is 17.9 Å². The molecule has 102 valence electrons. The van der Waals surface area contributed by atoms with Crippen LogP contribution in [-0.4, -0.2) is 17.9 Å². The van der Waals surface area contributed by atoms with Crippen LogP contribution < -0.4 is 15.3 Å². The molecule has 0 aromatic carbocycles. The number of carbonyl (C=O) groups is 3. The van der Waals surface area contributed by atoms with Gasteiger partial charge in [-0.1, -0.05) is 19.7 Å². The van der Waals surface area contributed by atoms with Gasteiger partial charge in [0.25, 0.3) is 0 Å². The fourth-order valence-electron chi connectivity index (χ4n) is 0. The summed E-state index contributed by atoms with van der Waals surface area (Å²) in [5, 5.41) is 28.5. The van der Waals surface area contributed by atoms with E-state index in [9.17, 15) is 29.7 Å². The van der Waals surface area contributed by atoms with Crippen molar-refractivity contribution in [3.63, 3.8) is 0 Å². The molecule has 0 radical (unpaired) electrons. The second-order valence-electron chi connectivity index (χ2n) is 3.20. The summed E-state index contributed by atoms with van der Waals surface area (Å²) in [6.45, 7) is 13.4. The van der Waals surface area contributed by atoms with Crippen molar-refractivity contribution in [2.24, 2.45) is 0 Å². The van der Waals surface area contributed by atoms with E-state index in [-0.39, 0.29) is 58.0 Å². The number of hydrogen-bond acceptors (Lipinski definition) is 6. The minimum Gasteiger partial charge on any atom is -0.545 e. The fourth-order valence-corrected chi connectivity index (χ4v) is 0. The minimum absolute atomic E-state index is 0. The van der Waals surface area contributed by atoms with E-state index >= 15 is 0 Å². The maximum Gasteiger partial charge on any atom is 3.00 e. The molecule has 0 saturated heterocycles. The number of carbonyl (C=O) groups excluding carboxylic acids is 3. The van der Waals surface area contributed by atoms with E-state index in [1.807, 2.05) is 0 Å². The third-order valence-corrected chi connectivity index (χ3v) is 1.05. The Hall–Kier alpha value is -1.01. The van der Waals surface area contributed by atoms with Crippen LogP contribution in [0.5, 0.6) is 0 Å². The van der Waals surface area contributed by atoms with Gasteiger partial charge in [0.2, 0.25) is 0 Å². The fraction of sp³-hybridized carbons (Fsp3) is 0.250. The molecule has 0 spiro atoms. The molecule has 0 saturated carbocycles. The van der Waals surface area contributed by atoms with Crippen LogP contribution in [0.2, 0.25) is 0 Å². The van der Waals surface area contributed by atoms with Gasteiger partial charge in [0.15, 0.2) is 0 Å². The Labute approximate surface area is 145 Å². The predicted molar refractivity (Wildman–Crippen MR) is 59.5 cm³/mol. The van der Waals surface area contributed by atoms with Crippen molar-refractivity contribution >= 4 is 17.9 Å². The molecule has 0 aliphatic heterocycles. The Balaban J connectivity index is -0.0000000865. The molecule has 0 rings (SSSR count). The molecule has 19 heavy (non-hydrogen) atoms. The first kappa shape index (κ1) is 26.5. The molecule has 0 atom stereocenters. The Morgan fingerprint density at radius 2 is 0.684 bits per heavy atom. The first-order chi connectivity index (χ1) is 7.93. The first-order valence-corrected chi connectivity index (χ1v) is 4.54. The van der Waals surface area contributed by atoms with Crippen molar-refractivity contribution in [1.29, 1.82) is 0 Å². The molecule has 0 aliphatic rings. The molecular weight excluding hydrogens is 381 g/mol. The van der Waals surface area contributed by atoms with Crippen molar-refractivity contribution in [1.82, 2.24) is 0 Å². The van der Waals surface area contributed by atoms with Gasteiger partial charge < -0.3 is 29.7 Å². The monoisotopic (exact) mass is 396 g/mol.